The average molecular weight is 301 g/mol. The van der Waals surface area contributed by atoms with E-state index in [9.17, 15) is 0 Å². The van der Waals surface area contributed by atoms with Crippen molar-refractivity contribution in [1.82, 2.24) is 24.1 Å². The third-order valence-corrected chi connectivity index (χ3v) is 4.69. The van der Waals surface area contributed by atoms with E-state index in [0.29, 0.717) is 6.54 Å². The van der Waals surface area contributed by atoms with Crippen LogP contribution >= 0.6 is 22.7 Å². The van der Waals surface area contributed by atoms with Gasteiger partial charge in [0.2, 0.25) is 4.96 Å². The molecule has 0 amide bonds. The Morgan fingerprint density at radius 2 is 2.30 bits per heavy atom. The van der Waals surface area contributed by atoms with Crippen LogP contribution in [0.1, 0.15) is 10.7 Å². The van der Waals surface area contributed by atoms with Crippen molar-refractivity contribution >= 4 is 27.6 Å². The van der Waals surface area contributed by atoms with Crippen LogP contribution in [0, 0.1) is 6.92 Å². The molecule has 5 nitrogen and oxygen atoms in total. The Hall–Kier alpha value is -1.99. The van der Waals surface area contributed by atoms with Gasteiger partial charge >= 0.3 is 0 Å². The first-order chi connectivity index (χ1) is 9.79. The van der Waals surface area contributed by atoms with Gasteiger partial charge in [0.05, 0.1) is 23.3 Å². The molecule has 4 heterocycles. The lowest BCUT2D eigenvalue weighted by atomic mass is 10.4. The number of nitrogens with zero attached hydrogens (tertiary/aromatic N) is 5. The van der Waals surface area contributed by atoms with Crippen LogP contribution in [0.4, 0.5) is 0 Å². The maximum Gasteiger partial charge on any atom is 0.212 e. The molecule has 4 aromatic rings. The fraction of sp³-hybridized carbons (Fsp3) is 0.154. The highest BCUT2D eigenvalue weighted by Crippen LogP contribution is 2.23. The minimum atomic E-state index is 0.711. The van der Waals surface area contributed by atoms with Crippen LogP contribution < -0.4 is 0 Å². The molecule has 0 saturated carbocycles. The van der Waals surface area contributed by atoms with E-state index in [-0.39, 0.29) is 0 Å². The molecule has 0 atom stereocenters. The number of rotatable bonds is 3. The predicted molar refractivity (Wildman–Crippen MR) is 80.2 cm³/mol. The molecule has 100 valence electrons. The van der Waals surface area contributed by atoms with Crippen molar-refractivity contribution in [3.63, 3.8) is 0 Å². The van der Waals surface area contributed by atoms with Crippen molar-refractivity contribution in [2.24, 2.45) is 0 Å². The molecule has 0 unspecified atom stereocenters. The van der Waals surface area contributed by atoms with Crippen LogP contribution in [0.3, 0.4) is 0 Å². The summed E-state index contributed by atoms with van der Waals surface area (Å²) in [6.07, 6.45) is 5.80. The number of thiophene rings is 1. The van der Waals surface area contributed by atoms with Gasteiger partial charge in [-0.2, -0.15) is 5.10 Å². The quantitative estimate of drug-likeness (QED) is 0.584. The van der Waals surface area contributed by atoms with Gasteiger partial charge in [-0.1, -0.05) is 17.4 Å². The van der Waals surface area contributed by atoms with Gasteiger partial charge in [-0.05, 0) is 18.4 Å². The maximum absolute atomic E-state index is 4.60. The van der Waals surface area contributed by atoms with Crippen molar-refractivity contribution in [3.8, 4) is 10.7 Å². The summed E-state index contributed by atoms with van der Waals surface area (Å²) in [5, 5.41) is 7.48. The highest BCUT2D eigenvalue weighted by molar-refractivity contribution is 7.16. The van der Waals surface area contributed by atoms with Crippen molar-refractivity contribution in [1.29, 1.82) is 0 Å². The Bertz CT molecular complexity index is 821. The lowest BCUT2D eigenvalue weighted by Crippen LogP contribution is -2.00. The highest BCUT2D eigenvalue weighted by Gasteiger charge is 2.10. The lowest BCUT2D eigenvalue weighted by molar-refractivity contribution is 0.787. The number of fused-ring (bicyclic) bond motifs is 1. The van der Waals surface area contributed by atoms with E-state index in [2.05, 4.69) is 31.1 Å². The fourth-order valence-corrected chi connectivity index (χ4v) is 3.64. The third kappa shape index (κ3) is 1.95. The summed E-state index contributed by atoms with van der Waals surface area (Å²) in [5.74, 6) is 0.987. The molecule has 7 heteroatoms. The number of imidazole rings is 2. The van der Waals surface area contributed by atoms with Crippen molar-refractivity contribution in [3.05, 3.63) is 46.8 Å². The van der Waals surface area contributed by atoms with E-state index in [4.69, 9.17) is 0 Å². The van der Waals surface area contributed by atoms with Crippen LogP contribution in [0.5, 0.6) is 0 Å². The maximum atomic E-state index is 4.60. The predicted octanol–water partition coefficient (Wildman–Crippen LogP) is 3.07. The van der Waals surface area contributed by atoms with Gasteiger partial charge in [0, 0.05) is 12.4 Å². The standard InChI is InChI=1S/C13H11N5S2/c1-9-16-18-8-10(15-13(18)20-9)7-17-5-4-14-12(17)11-3-2-6-19-11/h2-6,8H,7H2,1H3. The van der Waals surface area contributed by atoms with E-state index in [1.807, 2.05) is 36.1 Å². The minimum Gasteiger partial charge on any atom is -0.324 e. The number of hydrogen-bond donors (Lipinski definition) is 0. The molecule has 0 saturated heterocycles. The first kappa shape index (κ1) is 11.8. The first-order valence-corrected chi connectivity index (χ1v) is 7.86. The van der Waals surface area contributed by atoms with Crippen molar-refractivity contribution < 1.29 is 0 Å². The highest BCUT2D eigenvalue weighted by atomic mass is 32.1. The summed E-state index contributed by atoms with van der Waals surface area (Å²) in [7, 11) is 0. The zero-order chi connectivity index (χ0) is 13.5. The summed E-state index contributed by atoms with van der Waals surface area (Å²) in [4.78, 5) is 11.2. The van der Waals surface area contributed by atoms with Crippen LogP contribution in [0.2, 0.25) is 0 Å². The number of aromatic nitrogens is 5. The molecule has 0 radical (unpaired) electrons. The zero-order valence-corrected chi connectivity index (χ0v) is 12.4. The second-order valence-electron chi connectivity index (χ2n) is 4.44. The molecule has 0 N–H and O–H groups in total. The molecular weight excluding hydrogens is 290 g/mol. The smallest absolute Gasteiger partial charge is 0.212 e. The van der Waals surface area contributed by atoms with E-state index in [1.165, 1.54) is 4.88 Å². The van der Waals surface area contributed by atoms with Crippen molar-refractivity contribution in [2.75, 3.05) is 0 Å². The van der Waals surface area contributed by atoms with E-state index in [1.54, 1.807) is 22.7 Å². The fourth-order valence-electron chi connectivity index (χ4n) is 2.16. The Labute approximate surface area is 123 Å². The Morgan fingerprint density at radius 3 is 3.10 bits per heavy atom. The zero-order valence-electron chi connectivity index (χ0n) is 10.7. The van der Waals surface area contributed by atoms with Gasteiger partial charge in [0.25, 0.3) is 0 Å². The molecule has 0 aliphatic carbocycles. The number of hydrogen-bond acceptors (Lipinski definition) is 5. The molecule has 0 bridgehead atoms. The van der Waals surface area contributed by atoms with E-state index in [0.717, 1.165) is 21.5 Å². The van der Waals surface area contributed by atoms with Crippen LogP contribution in [0.15, 0.2) is 36.1 Å². The molecule has 0 aromatic carbocycles. The molecular formula is C13H11N5S2. The molecule has 20 heavy (non-hydrogen) atoms. The molecule has 0 aliphatic heterocycles. The van der Waals surface area contributed by atoms with E-state index < -0.39 is 0 Å². The number of aryl methyl sites for hydroxylation is 1. The largest absolute Gasteiger partial charge is 0.324 e. The summed E-state index contributed by atoms with van der Waals surface area (Å²) in [6, 6.07) is 4.12. The van der Waals surface area contributed by atoms with Crippen molar-refractivity contribution in [2.45, 2.75) is 13.5 Å². The van der Waals surface area contributed by atoms with Gasteiger partial charge in [-0.25, -0.2) is 14.5 Å². The monoisotopic (exact) mass is 301 g/mol. The van der Waals surface area contributed by atoms with E-state index >= 15 is 0 Å². The topological polar surface area (TPSA) is 48.0 Å². The SMILES string of the molecule is Cc1nn2cc(Cn3ccnc3-c3cccs3)nc2s1. The molecule has 0 spiro atoms. The molecule has 4 rings (SSSR count). The van der Waals surface area contributed by atoms with Crippen LogP contribution in [-0.2, 0) is 6.54 Å². The minimum absolute atomic E-state index is 0.711. The molecule has 0 aliphatic rings. The Balaban J connectivity index is 1.69. The Morgan fingerprint density at radius 1 is 1.35 bits per heavy atom. The summed E-state index contributed by atoms with van der Waals surface area (Å²) in [6.45, 7) is 2.70. The van der Waals surface area contributed by atoms with Gasteiger partial charge in [-0.3, -0.25) is 0 Å². The van der Waals surface area contributed by atoms with Gasteiger partial charge < -0.3 is 4.57 Å². The average Bonchev–Trinajstić information content (AvgIpc) is 3.12. The molecule has 0 fully saturated rings. The first-order valence-electron chi connectivity index (χ1n) is 6.16. The van der Waals surface area contributed by atoms with Gasteiger partial charge in [-0.15, -0.1) is 11.3 Å². The van der Waals surface area contributed by atoms with Gasteiger partial charge in [0.15, 0.2) is 0 Å². The summed E-state index contributed by atoms with van der Waals surface area (Å²) < 4.78 is 3.96. The van der Waals surface area contributed by atoms with Gasteiger partial charge in [0.1, 0.15) is 10.8 Å². The second-order valence-corrected chi connectivity index (χ2v) is 6.54. The third-order valence-electron chi connectivity index (χ3n) is 2.98. The molecule has 4 aromatic heterocycles. The van der Waals surface area contributed by atoms with Crippen LogP contribution in [-0.4, -0.2) is 24.1 Å². The summed E-state index contributed by atoms with van der Waals surface area (Å²) in [5.41, 5.74) is 1.000. The second kappa shape index (κ2) is 4.53. The lowest BCUT2D eigenvalue weighted by Gasteiger charge is -2.03. The summed E-state index contributed by atoms with van der Waals surface area (Å²) >= 11 is 3.30. The Kier molecular flexibility index (Phi) is 2.68. The normalized spacial score (nSPS) is 11.4. The van der Waals surface area contributed by atoms with Crippen LogP contribution in [0.25, 0.3) is 15.7 Å².